The Morgan fingerprint density at radius 1 is 0.783 bits per heavy atom. The van der Waals surface area contributed by atoms with Gasteiger partial charge in [0.05, 0.1) is 0 Å². The summed E-state index contributed by atoms with van der Waals surface area (Å²) in [6.07, 6.45) is 22.9. The van der Waals surface area contributed by atoms with Crippen molar-refractivity contribution >= 4 is 0 Å². The summed E-state index contributed by atoms with van der Waals surface area (Å²) in [7, 11) is 0. The summed E-state index contributed by atoms with van der Waals surface area (Å²) >= 11 is -2.18. The average Bonchev–Trinajstić information content (AvgIpc) is 3.08. The van der Waals surface area contributed by atoms with Gasteiger partial charge in [-0.15, -0.1) is 0 Å². The van der Waals surface area contributed by atoms with E-state index in [1.165, 1.54) is 38.5 Å². The van der Waals surface area contributed by atoms with Gasteiger partial charge in [0, 0.05) is 0 Å². The molecular weight excluding hydrogens is 312 g/mol. The van der Waals surface area contributed by atoms with Crippen molar-refractivity contribution in [1.29, 1.82) is 0 Å². The fourth-order valence-corrected chi connectivity index (χ4v) is 9.03. The van der Waals surface area contributed by atoms with Crippen molar-refractivity contribution in [2.75, 3.05) is 0 Å². The third kappa shape index (κ3) is 3.69. The Kier molecular flexibility index (Phi) is 6.02. The molecule has 0 saturated heterocycles. The van der Waals surface area contributed by atoms with Gasteiger partial charge in [-0.05, 0) is 0 Å². The summed E-state index contributed by atoms with van der Waals surface area (Å²) in [5.41, 5.74) is 3.16. The van der Waals surface area contributed by atoms with Gasteiger partial charge >= 0.3 is 148 Å². The molecule has 0 fully saturated rings. The van der Waals surface area contributed by atoms with Crippen molar-refractivity contribution in [2.24, 2.45) is 0 Å². The molecule has 0 amide bonds. The third-order valence-corrected chi connectivity index (χ3v) is 16.0. The molecule has 1 heteroatoms. The van der Waals surface area contributed by atoms with E-state index < -0.39 is 16.6 Å². The molecule has 0 heterocycles. The van der Waals surface area contributed by atoms with Crippen LogP contribution in [0, 0.1) is 0 Å². The molecule has 2 aliphatic rings. The maximum atomic E-state index is 2.63. The van der Waals surface area contributed by atoms with Crippen molar-refractivity contribution in [2.45, 2.75) is 84.1 Å². The Bertz CT molecular complexity index is 498. The zero-order valence-corrected chi connectivity index (χ0v) is 17.8. The van der Waals surface area contributed by atoms with Gasteiger partial charge in [0.15, 0.2) is 0 Å². The summed E-state index contributed by atoms with van der Waals surface area (Å²) in [6.45, 7) is 9.57. The van der Waals surface area contributed by atoms with E-state index in [4.69, 9.17) is 0 Å². The summed E-state index contributed by atoms with van der Waals surface area (Å²) in [5, 5.41) is 5.26. The second-order valence-electron chi connectivity index (χ2n) is 8.50. The van der Waals surface area contributed by atoms with Gasteiger partial charge in [0.25, 0.3) is 0 Å². The standard InChI is InChI=1S/2C10H15.2CH3.Ti/c2*1-3-4-5-10-7-6-9(2)8-10;;;/h2*6-8H,3-5H2,1-2H3;2*1H3;. The topological polar surface area (TPSA) is 0 Å². The number of unbranched alkanes of at least 4 members (excludes halogenated alkanes) is 2. The molecule has 0 saturated carbocycles. The minimum absolute atomic E-state index is 0.318. The summed E-state index contributed by atoms with van der Waals surface area (Å²) in [6, 6.07) is 0. The Morgan fingerprint density at radius 3 is 1.52 bits per heavy atom. The average molecular weight is 348 g/mol. The van der Waals surface area contributed by atoms with Crippen LogP contribution < -0.4 is 0 Å². The van der Waals surface area contributed by atoms with E-state index in [1.54, 1.807) is 11.1 Å². The fourth-order valence-electron chi connectivity index (χ4n) is 3.95. The molecule has 0 aliphatic heterocycles. The van der Waals surface area contributed by atoms with Crippen LogP contribution in [0.1, 0.15) is 66.2 Å². The van der Waals surface area contributed by atoms with E-state index >= 15 is 0 Å². The Hall–Kier alpha value is -0.326. The molecule has 0 radical (unpaired) electrons. The SMILES string of the molecule is CCCCC1=C[C](C)([Ti]([CH3])([CH3])[C]2(C)C=CC(CCCC)=C2)C=C1. The van der Waals surface area contributed by atoms with Crippen LogP contribution in [0.25, 0.3) is 0 Å². The van der Waals surface area contributed by atoms with Gasteiger partial charge < -0.3 is 0 Å². The first-order valence-electron chi connectivity index (χ1n) is 9.60. The van der Waals surface area contributed by atoms with Crippen LogP contribution in [0.4, 0.5) is 0 Å². The first-order chi connectivity index (χ1) is 10.8. The number of allylic oxidation sites excluding steroid dienone is 8. The molecule has 0 aromatic heterocycles. The molecule has 2 aliphatic carbocycles. The molecule has 128 valence electrons. The van der Waals surface area contributed by atoms with E-state index in [2.05, 4.69) is 74.6 Å². The van der Waals surface area contributed by atoms with Crippen LogP contribution in [-0.2, 0) is 16.6 Å². The molecule has 0 spiro atoms. The molecule has 0 bridgehead atoms. The summed E-state index contributed by atoms with van der Waals surface area (Å²) < 4.78 is 0.637. The van der Waals surface area contributed by atoms with Crippen LogP contribution in [0.15, 0.2) is 47.6 Å². The monoisotopic (exact) mass is 348 g/mol. The normalized spacial score (nSPS) is 30.0. The van der Waals surface area contributed by atoms with Gasteiger partial charge in [-0.3, -0.25) is 0 Å². The van der Waals surface area contributed by atoms with Crippen LogP contribution in [0.2, 0.25) is 17.9 Å². The van der Waals surface area contributed by atoms with Gasteiger partial charge in [-0.2, -0.15) is 0 Å². The molecule has 2 atom stereocenters. The predicted molar refractivity (Wildman–Crippen MR) is 102 cm³/mol. The second-order valence-corrected chi connectivity index (χ2v) is 16.9. The van der Waals surface area contributed by atoms with E-state index in [0.29, 0.717) is 7.44 Å². The van der Waals surface area contributed by atoms with Crippen LogP contribution in [0.5, 0.6) is 0 Å². The van der Waals surface area contributed by atoms with E-state index in [9.17, 15) is 0 Å². The molecule has 0 N–H and O–H groups in total. The van der Waals surface area contributed by atoms with Crippen molar-refractivity contribution in [1.82, 2.24) is 0 Å². The Labute approximate surface area is 148 Å². The van der Waals surface area contributed by atoms with Gasteiger partial charge in [-0.25, -0.2) is 0 Å². The fraction of sp³-hybridized carbons (Fsp3) is 0.636. The number of rotatable bonds is 8. The van der Waals surface area contributed by atoms with Gasteiger partial charge in [0.1, 0.15) is 0 Å². The second kappa shape index (κ2) is 7.28. The van der Waals surface area contributed by atoms with Gasteiger partial charge in [0.2, 0.25) is 0 Å². The summed E-state index contributed by atoms with van der Waals surface area (Å²) in [4.78, 5) is 0. The summed E-state index contributed by atoms with van der Waals surface area (Å²) in [5.74, 6) is 0. The van der Waals surface area contributed by atoms with Gasteiger partial charge in [-0.1, -0.05) is 0 Å². The molecule has 0 aromatic rings. The number of hydrogen-bond acceptors (Lipinski definition) is 0. The molecule has 0 aromatic carbocycles. The van der Waals surface area contributed by atoms with E-state index in [-0.39, 0.29) is 0 Å². The van der Waals surface area contributed by atoms with Crippen LogP contribution in [-0.4, -0.2) is 0 Å². The Morgan fingerprint density at radius 2 is 1.17 bits per heavy atom. The van der Waals surface area contributed by atoms with Crippen LogP contribution >= 0.6 is 0 Å². The zero-order chi connectivity index (χ0) is 17.1. The minimum atomic E-state index is -2.18. The molecule has 2 rings (SSSR count). The first kappa shape index (κ1) is 19.0. The van der Waals surface area contributed by atoms with Crippen LogP contribution in [0.3, 0.4) is 0 Å². The Balaban J connectivity index is 2.22. The third-order valence-electron chi connectivity index (χ3n) is 6.59. The van der Waals surface area contributed by atoms with Crippen molar-refractivity contribution in [3.05, 3.63) is 47.6 Å². The number of hydrogen-bond donors (Lipinski definition) is 0. The molecule has 0 nitrogen and oxygen atoms in total. The van der Waals surface area contributed by atoms with Crippen molar-refractivity contribution in [3.63, 3.8) is 0 Å². The first-order valence-corrected chi connectivity index (χ1v) is 14.3. The molecular formula is C22H36Ti. The maximum absolute atomic E-state index is 2.63. The van der Waals surface area contributed by atoms with E-state index in [1.807, 2.05) is 0 Å². The zero-order valence-electron chi connectivity index (χ0n) is 16.2. The predicted octanol–water partition coefficient (Wildman–Crippen LogP) is 7.97. The molecule has 2 unspecified atom stereocenters. The molecule has 23 heavy (non-hydrogen) atoms. The quantitative estimate of drug-likeness (QED) is 0.390. The van der Waals surface area contributed by atoms with Crippen molar-refractivity contribution < 1.29 is 16.6 Å². The van der Waals surface area contributed by atoms with E-state index in [0.717, 1.165) is 0 Å². The van der Waals surface area contributed by atoms with Crippen molar-refractivity contribution in [3.8, 4) is 0 Å².